The molecular weight excluding hydrogens is 602 g/mol. The minimum Gasteiger partial charge on any atom is -0.465 e. The minimum atomic E-state index is -0.267. The summed E-state index contributed by atoms with van der Waals surface area (Å²) in [4.78, 5) is 37.9. The van der Waals surface area contributed by atoms with Crippen molar-refractivity contribution < 1.29 is 23.9 Å². The Morgan fingerprint density at radius 1 is 0.604 bits per heavy atom. The van der Waals surface area contributed by atoms with Gasteiger partial charge in [-0.2, -0.15) is 0 Å². The number of nitrogens with two attached hydrogens (primary N) is 1. The molecule has 0 saturated heterocycles. The summed E-state index contributed by atoms with van der Waals surface area (Å²) in [5.41, 5.74) is 6.54. The lowest BCUT2D eigenvalue weighted by Crippen LogP contribution is -2.41. The van der Waals surface area contributed by atoms with E-state index in [1.165, 1.54) is 38.5 Å². The van der Waals surface area contributed by atoms with Gasteiger partial charge in [0.15, 0.2) is 0 Å². The quantitative estimate of drug-likeness (QED) is 0.0478. The summed E-state index contributed by atoms with van der Waals surface area (Å²) in [5, 5.41) is 6.34. The number of nitrogens with one attached hydrogen (secondary N) is 2. The van der Waals surface area contributed by atoms with E-state index in [9.17, 15) is 14.4 Å². The van der Waals surface area contributed by atoms with Gasteiger partial charge in [-0.3, -0.25) is 14.4 Å². The Labute approximate surface area is 296 Å². The van der Waals surface area contributed by atoms with Crippen molar-refractivity contribution in [3.05, 3.63) is 12.3 Å². The number of hydrogen-bond acceptors (Lipinski definition) is 7. The Kier molecular flexibility index (Phi) is 36.2. The van der Waals surface area contributed by atoms with E-state index in [1.54, 1.807) is 0 Å². The molecular formula is C40H79N3O5. The maximum absolute atomic E-state index is 12.7. The van der Waals surface area contributed by atoms with Crippen LogP contribution >= 0.6 is 0 Å². The first-order valence-electron chi connectivity index (χ1n) is 20.0. The van der Waals surface area contributed by atoms with Gasteiger partial charge in [-0.15, -0.1) is 0 Å². The molecule has 0 aliphatic heterocycles. The van der Waals surface area contributed by atoms with E-state index in [0.29, 0.717) is 32.5 Å². The van der Waals surface area contributed by atoms with Crippen molar-refractivity contribution in [2.45, 2.75) is 189 Å². The average Bonchev–Trinajstić information content (AvgIpc) is 3.07. The highest BCUT2D eigenvalue weighted by atomic mass is 16.5. The molecule has 0 rings (SSSR count). The smallest absolute Gasteiger partial charge is 0.308 e. The van der Waals surface area contributed by atoms with Crippen LogP contribution in [0.5, 0.6) is 0 Å². The molecule has 0 aliphatic rings. The van der Waals surface area contributed by atoms with Crippen molar-refractivity contribution in [1.29, 1.82) is 0 Å². The van der Waals surface area contributed by atoms with Crippen molar-refractivity contribution in [1.82, 2.24) is 10.6 Å². The number of rotatable bonds is 32. The summed E-state index contributed by atoms with van der Waals surface area (Å²) in [6.07, 6.45) is 21.4. The number of unbranched alkanes of at least 4 members (excludes halogenated alkanes) is 9. The lowest BCUT2D eigenvalue weighted by Gasteiger charge is -2.22. The van der Waals surface area contributed by atoms with E-state index in [-0.39, 0.29) is 48.8 Å². The van der Waals surface area contributed by atoms with Gasteiger partial charge >= 0.3 is 11.9 Å². The van der Waals surface area contributed by atoms with Crippen LogP contribution in [-0.2, 0) is 23.9 Å². The summed E-state index contributed by atoms with van der Waals surface area (Å²) in [5.74, 6) is -0.276. The third kappa shape index (κ3) is 28.9. The summed E-state index contributed by atoms with van der Waals surface area (Å²) in [6, 6.07) is -0.267. The van der Waals surface area contributed by atoms with Crippen LogP contribution in [0.25, 0.3) is 0 Å². The fourth-order valence-electron chi connectivity index (χ4n) is 5.48. The zero-order valence-corrected chi connectivity index (χ0v) is 32.4. The van der Waals surface area contributed by atoms with E-state index >= 15 is 0 Å². The molecule has 3 atom stereocenters. The third-order valence-corrected chi connectivity index (χ3v) is 8.46. The topological polar surface area (TPSA) is 120 Å². The molecule has 0 heterocycles. The number of esters is 2. The van der Waals surface area contributed by atoms with E-state index in [1.807, 2.05) is 0 Å². The zero-order valence-electron chi connectivity index (χ0n) is 32.4. The van der Waals surface area contributed by atoms with Gasteiger partial charge in [-0.25, -0.2) is 0 Å². The minimum absolute atomic E-state index is 0.0235. The van der Waals surface area contributed by atoms with Crippen LogP contribution in [-0.4, -0.2) is 50.2 Å². The summed E-state index contributed by atoms with van der Waals surface area (Å²) in [7, 11) is 0. The first-order chi connectivity index (χ1) is 23.2. The van der Waals surface area contributed by atoms with Gasteiger partial charge < -0.3 is 25.8 Å². The molecule has 0 bridgehead atoms. The molecule has 0 aromatic heterocycles. The molecule has 4 N–H and O–H groups in total. The highest BCUT2D eigenvalue weighted by molar-refractivity contribution is 5.76. The summed E-state index contributed by atoms with van der Waals surface area (Å²) in [6.45, 7) is 18.8. The monoisotopic (exact) mass is 682 g/mol. The standard InChI is InChI=1S/C37H71N3O5.C3H8/c1-6-10-14-16-23-32(21-12-8-3)36(42)44-29-19-18-28-39-31(5)34(26-27-38)40-35(41)25-20-30-45-37(43)33(22-13-9-4)24-17-15-11-7-2;1-3-2/h32-34,39H,5-30,38H2,1-4H3,(H,40,41);3H2,1-2H3. The number of amides is 1. The van der Waals surface area contributed by atoms with Gasteiger partial charge in [-0.05, 0) is 57.9 Å². The fourth-order valence-corrected chi connectivity index (χ4v) is 5.48. The van der Waals surface area contributed by atoms with Crippen molar-refractivity contribution in [3.8, 4) is 0 Å². The second kappa shape index (κ2) is 36.2. The van der Waals surface area contributed by atoms with Crippen LogP contribution in [0.15, 0.2) is 12.3 Å². The molecule has 8 heteroatoms. The second-order valence-corrected chi connectivity index (χ2v) is 13.4. The van der Waals surface area contributed by atoms with Crippen LogP contribution in [0.3, 0.4) is 0 Å². The average molecular weight is 682 g/mol. The predicted octanol–water partition coefficient (Wildman–Crippen LogP) is 9.54. The molecule has 8 nitrogen and oxygen atoms in total. The van der Waals surface area contributed by atoms with Crippen LogP contribution in [0.4, 0.5) is 0 Å². The Bertz CT molecular complexity index is 776. The summed E-state index contributed by atoms with van der Waals surface area (Å²) >= 11 is 0. The van der Waals surface area contributed by atoms with Gasteiger partial charge in [0.2, 0.25) is 5.91 Å². The lowest BCUT2D eigenvalue weighted by molar-refractivity contribution is -0.150. The lowest BCUT2D eigenvalue weighted by atomic mass is 9.95. The fraction of sp³-hybridized carbons (Fsp3) is 0.875. The van der Waals surface area contributed by atoms with Gasteiger partial charge in [0.25, 0.3) is 0 Å². The van der Waals surface area contributed by atoms with E-state index in [0.717, 1.165) is 89.2 Å². The Balaban J connectivity index is 0. The number of ether oxygens (including phenoxy) is 2. The van der Waals surface area contributed by atoms with Gasteiger partial charge in [0.05, 0.1) is 31.1 Å². The number of hydrogen-bond donors (Lipinski definition) is 3. The first-order valence-corrected chi connectivity index (χ1v) is 20.0. The molecule has 0 fully saturated rings. The van der Waals surface area contributed by atoms with Gasteiger partial charge in [-0.1, -0.05) is 132 Å². The molecule has 0 spiro atoms. The van der Waals surface area contributed by atoms with E-state index in [4.69, 9.17) is 15.2 Å². The van der Waals surface area contributed by atoms with Crippen LogP contribution < -0.4 is 16.4 Å². The van der Waals surface area contributed by atoms with Crippen LogP contribution in [0, 0.1) is 11.8 Å². The Hall–Kier alpha value is -2.09. The maximum Gasteiger partial charge on any atom is 0.308 e. The Morgan fingerprint density at radius 3 is 1.52 bits per heavy atom. The normalized spacial score (nSPS) is 12.6. The SMILES string of the molecule is C=C(NCCCCOC(=O)C(CCCC)CCCCCC)C(CCN)NC(=O)CCCOC(=O)C(CCCC)CCCCCC.CCC. The molecule has 48 heavy (non-hydrogen) atoms. The highest BCUT2D eigenvalue weighted by Gasteiger charge is 2.21. The van der Waals surface area contributed by atoms with Crippen LogP contribution in [0.1, 0.15) is 183 Å². The molecule has 284 valence electrons. The molecule has 0 radical (unpaired) electrons. The molecule has 0 aromatic carbocycles. The molecule has 0 saturated carbocycles. The third-order valence-electron chi connectivity index (χ3n) is 8.46. The van der Waals surface area contributed by atoms with E-state index in [2.05, 4.69) is 58.8 Å². The van der Waals surface area contributed by atoms with Crippen molar-refractivity contribution in [2.75, 3.05) is 26.3 Å². The molecule has 1 amide bonds. The number of carbonyl (C=O) groups excluding carboxylic acids is 3. The largest absolute Gasteiger partial charge is 0.465 e. The number of carbonyl (C=O) groups is 3. The second-order valence-electron chi connectivity index (χ2n) is 13.4. The highest BCUT2D eigenvalue weighted by Crippen LogP contribution is 2.20. The van der Waals surface area contributed by atoms with Crippen LogP contribution in [0.2, 0.25) is 0 Å². The van der Waals surface area contributed by atoms with Gasteiger partial charge in [0, 0.05) is 18.7 Å². The first kappa shape index (κ1) is 48.0. The summed E-state index contributed by atoms with van der Waals surface area (Å²) < 4.78 is 11.2. The zero-order chi connectivity index (χ0) is 36.3. The predicted molar refractivity (Wildman–Crippen MR) is 203 cm³/mol. The molecule has 3 unspecified atom stereocenters. The molecule has 0 aliphatic carbocycles. The Morgan fingerprint density at radius 2 is 1.06 bits per heavy atom. The maximum atomic E-state index is 12.7. The van der Waals surface area contributed by atoms with Gasteiger partial charge in [0.1, 0.15) is 0 Å². The molecule has 0 aromatic rings. The van der Waals surface area contributed by atoms with Crippen molar-refractivity contribution in [2.24, 2.45) is 17.6 Å². The van der Waals surface area contributed by atoms with Crippen molar-refractivity contribution >= 4 is 17.8 Å². The van der Waals surface area contributed by atoms with Crippen molar-refractivity contribution in [3.63, 3.8) is 0 Å². The van der Waals surface area contributed by atoms with E-state index < -0.39 is 0 Å².